The van der Waals surface area contributed by atoms with E-state index in [1.54, 1.807) is 6.20 Å². The lowest BCUT2D eigenvalue weighted by Crippen LogP contribution is -2.07. The van der Waals surface area contributed by atoms with Gasteiger partial charge in [0.1, 0.15) is 0 Å². The molecule has 2 rings (SSSR count). The molecule has 94 valence electrons. The van der Waals surface area contributed by atoms with Gasteiger partial charge in [-0.15, -0.1) is 5.10 Å². The molecule has 18 heavy (non-hydrogen) atoms. The first-order valence-corrected chi connectivity index (χ1v) is 6.07. The molecule has 0 fully saturated rings. The first-order valence-electron chi connectivity index (χ1n) is 6.07. The van der Waals surface area contributed by atoms with Crippen LogP contribution in [0.15, 0.2) is 42.6 Å². The molecule has 0 saturated heterocycles. The summed E-state index contributed by atoms with van der Waals surface area (Å²) in [7, 11) is 0. The summed E-state index contributed by atoms with van der Waals surface area (Å²) in [5.41, 5.74) is 7.81. The average Bonchev–Trinajstić information content (AvgIpc) is 2.45. The van der Waals surface area contributed by atoms with Crippen LogP contribution in [0.4, 0.5) is 0 Å². The molecule has 0 bridgehead atoms. The van der Waals surface area contributed by atoms with Crippen LogP contribution >= 0.6 is 0 Å². The van der Waals surface area contributed by atoms with Gasteiger partial charge < -0.3 is 10.5 Å². The van der Waals surface area contributed by atoms with Crippen LogP contribution in [0.25, 0.3) is 0 Å². The van der Waals surface area contributed by atoms with Crippen molar-refractivity contribution in [2.45, 2.75) is 19.4 Å². The maximum Gasteiger partial charge on any atom is 0.237 e. The molecule has 0 aliphatic carbocycles. The third-order valence-corrected chi connectivity index (χ3v) is 2.68. The van der Waals surface area contributed by atoms with Gasteiger partial charge in [-0.25, -0.2) is 0 Å². The molecule has 0 saturated carbocycles. The standard InChI is InChI=1S/C14H17N3O/c15-11-13-8-9-16-17-14(13)18-10-4-7-12-5-2-1-3-6-12/h1-3,5-6,8-9H,4,7,10-11,15H2. The molecule has 0 atom stereocenters. The van der Waals surface area contributed by atoms with Gasteiger partial charge in [0.2, 0.25) is 5.88 Å². The maximum absolute atomic E-state index is 5.60. The van der Waals surface area contributed by atoms with Gasteiger partial charge in [-0.2, -0.15) is 5.10 Å². The van der Waals surface area contributed by atoms with Gasteiger partial charge in [0.15, 0.2) is 0 Å². The van der Waals surface area contributed by atoms with E-state index in [9.17, 15) is 0 Å². The highest BCUT2D eigenvalue weighted by atomic mass is 16.5. The number of nitrogens with zero attached hydrogens (tertiary/aromatic N) is 2. The van der Waals surface area contributed by atoms with Crippen molar-refractivity contribution in [3.05, 3.63) is 53.7 Å². The SMILES string of the molecule is NCc1ccnnc1OCCCc1ccccc1. The monoisotopic (exact) mass is 243 g/mol. The van der Waals surface area contributed by atoms with E-state index in [-0.39, 0.29) is 0 Å². The fraction of sp³-hybridized carbons (Fsp3) is 0.286. The fourth-order valence-electron chi connectivity index (χ4n) is 1.71. The van der Waals surface area contributed by atoms with Gasteiger partial charge in [0, 0.05) is 12.1 Å². The molecule has 0 aliphatic heterocycles. The Labute approximate surface area is 107 Å². The van der Waals surface area contributed by atoms with Crippen LogP contribution in [0.2, 0.25) is 0 Å². The van der Waals surface area contributed by atoms with Crippen molar-refractivity contribution in [3.63, 3.8) is 0 Å². The van der Waals surface area contributed by atoms with E-state index in [1.807, 2.05) is 24.3 Å². The first kappa shape index (κ1) is 12.5. The van der Waals surface area contributed by atoms with Gasteiger partial charge in [-0.3, -0.25) is 0 Å². The first-order chi connectivity index (χ1) is 8.90. The van der Waals surface area contributed by atoms with Crippen molar-refractivity contribution in [1.82, 2.24) is 10.2 Å². The van der Waals surface area contributed by atoms with Crippen molar-refractivity contribution >= 4 is 0 Å². The Balaban J connectivity index is 1.78. The predicted octanol–water partition coefficient (Wildman–Crippen LogP) is 1.95. The lowest BCUT2D eigenvalue weighted by Gasteiger charge is -2.07. The zero-order valence-electron chi connectivity index (χ0n) is 10.2. The predicted molar refractivity (Wildman–Crippen MR) is 70.2 cm³/mol. The summed E-state index contributed by atoms with van der Waals surface area (Å²) >= 11 is 0. The highest BCUT2D eigenvalue weighted by molar-refractivity contribution is 5.22. The molecule has 4 nitrogen and oxygen atoms in total. The summed E-state index contributed by atoms with van der Waals surface area (Å²) in [5.74, 6) is 0.549. The molecule has 0 amide bonds. The molecule has 0 unspecified atom stereocenters. The lowest BCUT2D eigenvalue weighted by molar-refractivity contribution is 0.292. The van der Waals surface area contributed by atoms with E-state index in [1.165, 1.54) is 5.56 Å². The fourth-order valence-corrected chi connectivity index (χ4v) is 1.71. The third-order valence-electron chi connectivity index (χ3n) is 2.68. The second-order valence-corrected chi connectivity index (χ2v) is 4.00. The van der Waals surface area contributed by atoms with Crippen molar-refractivity contribution < 1.29 is 4.74 Å². The molecule has 4 heteroatoms. The van der Waals surface area contributed by atoms with Crippen molar-refractivity contribution in [2.24, 2.45) is 5.73 Å². The molecule has 0 radical (unpaired) electrons. The largest absolute Gasteiger partial charge is 0.476 e. The second-order valence-electron chi connectivity index (χ2n) is 4.00. The van der Waals surface area contributed by atoms with Gasteiger partial charge in [-0.1, -0.05) is 30.3 Å². The summed E-state index contributed by atoms with van der Waals surface area (Å²) in [6.07, 6.45) is 3.57. The van der Waals surface area contributed by atoms with E-state index >= 15 is 0 Å². The van der Waals surface area contributed by atoms with Crippen LogP contribution < -0.4 is 10.5 Å². The molecule has 2 N–H and O–H groups in total. The number of nitrogens with two attached hydrogens (primary N) is 1. The molecule has 1 heterocycles. The summed E-state index contributed by atoms with van der Waals surface area (Å²) in [4.78, 5) is 0. The Morgan fingerprint density at radius 1 is 1.11 bits per heavy atom. The Morgan fingerprint density at radius 2 is 1.94 bits per heavy atom. The van der Waals surface area contributed by atoms with Crippen LogP contribution in [0.5, 0.6) is 5.88 Å². The summed E-state index contributed by atoms with van der Waals surface area (Å²) in [5, 5.41) is 7.74. The summed E-state index contributed by atoms with van der Waals surface area (Å²) in [6.45, 7) is 1.05. The summed E-state index contributed by atoms with van der Waals surface area (Å²) < 4.78 is 5.60. The second kappa shape index (κ2) is 6.71. The Hall–Kier alpha value is -1.94. The average molecular weight is 243 g/mol. The van der Waals surface area contributed by atoms with Gasteiger partial charge in [0.25, 0.3) is 0 Å². The van der Waals surface area contributed by atoms with Crippen molar-refractivity contribution in [2.75, 3.05) is 6.61 Å². The zero-order valence-corrected chi connectivity index (χ0v) is 10.2. The molecular formula is C14H17N3O. The molecule has 0 spiro atoms. The van der Waals surface area contributed by atoms with E-state index in [4.69, 9.17) is 10.5 Å². The minimum Gasteiger partial charge on any atom is -0.476 e. The number of aryl methyl sites for hydroxylation is 1. The number of ether oxygens (including phenoxy) is 1. The topological polar surface area (TPSA) is 61.0 Å². The van der Waals surface area contributed by atoms with Crippen molar-refractivity contribution in [3.8, 4) is 5.88 Å². The number of hydrogen-bond donors (Lipinski definition) is 1. The third kappa shape index (κ3) is 3.53. The van der Waals surface area contributed by atoms with Crippen LogP contribution in [-0.2, 0) is 13.0 Å². The summed E-state index contributed by atoms with van der Waals surface area (Å²) in [6, 6.07) is 12.2. The van der Waals surface area contributed by atoms with Crippen LogP contribution in [0, 0.1) is 0 Å². The highest BCUT2D eigenvalue weighted by Gasteiger charge is 2.03. The number of benzene rings is 1. The van der Waals surface area contributed by atoms with Crippen LogP contribution in [0.1, 0.15) is 17.5 Å². The molecule has 1 aromatic heterocycles. The van der Waals surface area contributed by atoms with E-state index in [0.29, 0.717) is 19.0 Å². The highest BCUT2D eigenvalue weighted by Crippen LogP contribution is 2.12. The zero-order chi connectivity index (χ0) is 12.6. The maximum atomic E-state index is 5.60. The Bertz CT molecular complexity index is 473. The number of hydrogen-bond acceptors (Lipinski definition) is 4. The normalized spacial score (nSPS) is 10.3. The molecule has 1 aromatic carbocycles. The van der Waals surface area contributed by atoms with Crippen LogP contribution in [0.3, 0.4) is 0 Å². The van der Waals surface area contributed by atoms with Gasteiger partial charge in [-0.05, 0) is 24.5 Å². The quantitative estimate of drug-likeness (QED) is 0.788. The Morgan fingerprint density at radius 3 is 2.72 bits per heavy atom. The number of rotatable bonds is 6. The molecule has 0 aliphatic rings. The smallest absolute Gasteiger partial charge is 0.237 e. The minimum atomic E-state index is 0.420. The van der Waals surface area contributed by atoms with Gasteiger partial charge in [0.05, 0.1) is 12.8 Å². The molecular weight excluding hydrogens is 226 g/mol. The van der Waals surface area contributed by atoms with Gasteiger partial charge >= 0.3 is 0 Å². The van der Waals surface area contributed by atoms with Crippen LogP contribution in [-0.4, -0.2) is 16.8 Å². The lowest BCUT2D eigenvalue weighted by atomic mass is 10.1. The molecule has 2 aromatic rings. The van der Waals surface area contributed by atoms with E-state index in [2.05, 4.69) is 22.3 Å². The van der Waals surface area contributed by atoms with Crippen molar-refractivity contribution in [1.29, 1.82) is 0 Å². The minimum absolute atomic E-state index is 0.420. The number of aromatic nitrogens is 2. The van der Waals surface area contributed by atoms with E-state index < -0.39 is 0 Å². The van der Waals surface area contributed by atoms with E-state index in [0.717, 1.165) is 18.4 Å². The Kier molecular flexibility index (Phi) is 4.67.